The lowest BCUT2D eigenvalue weighted by Crippen LogP contribution is -2.20. The molecule has 0 N–H and O–H groups in total. The zero-order valence-electron chi connectivity index (χ0n) is 8.80. The maximum absolute atomic E-state index is 11.8. The maximum atomic E-state index is 11.8. The zero-order valence-corrected chi connectivity index (χ0v) is 10.4. The van der Waals surface area contributed by atoms with Gasteiger partial charge in [0.15, 0.2) is 0 Å². The number of nitrogens with zero attached hydrogens (tertiary/aromatic N) is 3. The summed E-state index contributed by atoms with van der Waals surface area (Å²) in [6.45, 7) is 0.426. The number of hydrogen-bond acceptors (Lipinski definition) is 3. The summed E-state index contributed by atoms with van der Waals surface area (Å²) < 4.78 is 2.09. The molecule has 2 aromatic heterocycles. The first-order valence-electron chi connectivity index (χ1n) is 4.90. The first-order valence-corrected chi connectivity index (χ1v) is 5.70. The summed E-state index contributed by atoms with van der Waals surface area (Å²) in [5, 5.41) is 8.74. The van der Waals surface area contributed by atoms with Crippen molar-refractivity contribution < 1.29 is 0 Å². The molecule has 2 heterocycles. The molecule has 2 rings (SSSR count). The van der Waals surface area contributed by atoms with Gasteiger partial charge < -0.3 is 4.57 Å². The van der Waals surface area contributed by atoms with Gasteiger partial charge in [-0.2, -0.15) is 5.26 Å². The Labute approximate surface area is 106 Å². The molecule has 0 amide bonds. The summed E-state index contributed by atoms with van der Waals surface area (Å²) in [7, 11) is 0. The number of nitriles is 1. The highest BCUT2D eigenvalue weighted by Crippen LogP contribution is 2.05. The fourth-order valence-corrected chi connectivity index (χ4v) is 1.84. The fraction of sp³-hybridized carbons (Fsp3) is 0.0833. The number of pyridine rings is 2. The van der Waals surface area contributed by atoms with E-state index in [0.717, 1.165) is 5.56 Å². The van der Waals surface area contributed by atoms with Crippen LogP contribution < -0.4 is 5.56 Å². The lowest BCUT2D eigenvalue weighted by Gasteiger charge is -2.05. The van der Waals surface area contributed by atoms with Gasteiger partial charge in [0.1, 0.15) is 11.8 Å². The molecule has 0 spiro atoms. The number of aromatic nitrogens is 2. The number of hydrogen-bond donors (Lipinski definition) is 0. The smallest absolute Gasteiger partial charge is 0.265 e. The second-order valence-corrected chi connectivity index (χ2v) is 4.30. The summed E-state index contributed by atoms with van der Waals surface area (Å²) in [4.78, 5) is 15.6. The van der Waals surface area contributed by atoms with Gasteiger partial charge in [0.25, 0.3) is 5.56 Å². The average molecular weight is 290 g/mol. The largest absolute Gasteiger partial charge is 0.310 e. The van der Waals surface area contributed by atoms with Crippen LogP contribution in [0.15, 0.2) is 45.9 Å². The summed E-state index contributed by atoms with van der Waals surface area (Å²) in [6.07, 6.45) is 3.27. The standard InChI is InChI=1S/C12H8BrN3O/c13-11-2-1-5-16(12(11)17)8-9-3-4-15-10(6-9)7-14/h1-6H,8H2. The highest BCUT2D eigenvalue weighted by Gasteiger charge is 2.02. The van der Waals surface area contributed by atoms with Crippen LogP contribution >= 0.6 is 15.9 Å². The van der Waals surface area contributed by atoms with Crippen LogP contribution in [0.4, 0.5) is 0 Å². The maximum Gasteiger partial charge on any atom is 0.265 e. The monoisotopic (exact) mass is 289 g/mol. The Bertz CT molecular complexity index is 643. The molecule has 0 unspecified atom stereocenters. The van der Waals surface area contributed by atoms with Gasteiger partial charge in [-0.05, 0) is 45.8 Å². The van der Waals surface area contributed by atoms with Gasteiger partial charge in [0.2, 0.25) is 0 Å². The van der Waals surface area contributed by atoms with Crippen LogP contribution in [0.5, 0.6) is 0 Å². The van der Waals surface area contributed by atoms with Crippen LogP contribution in [0, 0.1) is 11.3 Å². The predicted molar refractivity (Wildman–Crippen MR) is 66.5 cm³/mol. The van der Waals surface area contributed by atoms with Crippen molar-refractivity contribution in [2.75, 3.05) is 0 Å². The van der Waals surface area contributed by atoms with E-state index in [-0.39, 0.29) is 5.56 Å². The Balaban J connectivity index is 2.35. The number of rotatable bonds is 2. The average Bonchev–Trinajstić information content (AvgIpc) is 2.35. The van der Waals surface area contributed by atoms with Crippen LogP contribution in [-0.4, -0.2) is 9.55 Å². The molecular weight excluding hydrogens is 282 g/mol. The van der Waals surface area contributed by atoms with Crippen LogP contribution in [0.25, 0.3) is 0 Å². The summed E-state index contributed by atoms with van der Waals surface area (Å²) in [5.41, 5.74) is 1.13. The third-order valence-electron chi connectivity index (χ3n) is 2.27. The molecular formula is C12H8BrN3O. The minimum Gasteiger partial charge on any atom is -0.310 e. The van der Waals surface area contributed by atoms with E-state index in [1.165, 1.54) is 0 Å². The third-order valence-corrected chi connectivity index (χ3v) is 2.87. The first-order chi connectivity index (χ1) is 8.20. The van der Waals surface area contributed by atoms with E-state index in [0.29, 0.717) is 16.7 Å². The molecule has 0 saturated carbocycles. The van der Waals surface area contributed by atoms with Crippen molar-refractivity contribution in [1.29, 1.82) is 5.26 Å². The Morgan fingerprint density at radius 2 is 2.29 bits per heavy atom. The molecule has 0 saturated heterocycles. The van der Waals surface area contributed by atoms with E-state index in [4.69, 9.17) is 5.26 Å². The molecule has 0 aromatic carbocycles. The molecule has 84 valence electrons. The fourth-order valence-electron chi connectivity index (χ4n) is 1.46. The molecule has 2 aromatic rings. The summed E-state index contributed by atoms with van der Waals surface area (Å²) in [6, 6.07) is 8.92. The van der Waals surface area contributed by atoms with E-state index in [1.807, 2.05) is 6.07 Å². The van der Waals surface area contributed by atoms with Gasteiger partial charge in [-0.15, -0.1) is 0 Å². The SMILES string of the molecule is N#Cc1cc(Cn2cccc(Br)c2=O)ccn1. The Hall–Kier alpha value is -1.93. The minimum absolute atomic E-state index is 0.0946. The number of halogens is 1. The van der Waals surface area contributed by atoms with Crippen molar-refractivity contribution in [3.05, 3.63) is 62.7 Å². The Kier molecular flexibility index (Phi) is 3.35. The predicted octanol–water partition coefficient (Wildman–Crippen LogP) is 1.93. The van der Waals surface area contributed by atoms with Gasteiger partial charge in [0, 0.05) is 12.4 Å². The van der Waals surface area contributed by atoms with Gasteiger partial charge in [-0.3, -0.25) is 4.79 Å². The van der Waals surface area contributed by atoms with Crippen molar-refractivity contribution in [2.24, 2.45) is 0 Å². The molecule has 0 bridgehead atoms. The van der Waals surface area contributed by atoms with Crippen molar-refractivity contribution >= 4 is 15.9 Å². The van der Waals surface area contributed by atoms with Gasteiger partial charge >= 0.3 is 0 Å². The molecule has 17 heavy (non-hydrogen) atoms. The summed E-state index contributed by atoms with van der Waals surface area (Å²) >= 11 is 3.19. The molecule has 0 atom stereocenters. The van der Waals surface area contributed by atoms with E-state index < -0.39 is 0 Å². The van der Waals surface area contributed by atoms with Crippen molar-refractivity contribution in [3.8, 4) is 6.07 Å². The van der Waals surface area contributed by atoms with E-state index in [2.05, 4.69) is 20.9 Å². The van der Waals surface area contributed by atoms with Crippen LogP contribution in [0.2, 0.25) is 0 Å². The molecule has 0 aliphatic heterocycles. The van der Waals surface area contributed by atoms with E-state index in [1.54, 1.807) is 41.2 Å². The van der Waals surface area contributed by atoms with Gasteiger partial charge in [-0.25, -0.2) is 4.98 Å². The second kappa shape index (κ2) is 4.93. The van der Waals surface area contributed by atoms with Crippen LogP contribution in [0.1, 0.15) is 11.3 Å². The minimum atomic E-state index is -0.0946. The van der Waals surface area contributed by atoms with Gasteiger partial charge in [-0.1, -0.05) is 0 Å². The first kappa shape index (κ1) is 11.6. The molecule has 0 aliphatic carbocycles. The lowest BCUT2D eigenvalue weighted by molar-refractivity contribution is 0.753. The van der Waals surface area contributed by atoms with Crippen molar-refractivity contribution in [2.45, 2.75) is 6.54 Å². The molecule has 5 heteroatoms. The second-order valence-electron chi connectivity index (χ2n) is 3.45. The van der Waals surface area contributed by atoms with Crippen molar-refractivity contribution in [3.63, 3.8) is 0 Å². The van der Waals surface area contributed by atoms with Crippen LogP contribution in [0.3, 0.4) is 0 Å². The quantitative estimate of drug-likeness (QED) is 0.849. The highest BCUT2D eigenvalue weighted by molar-refractivity contribution is 9.10. The Morgan fingerprint density at radius 3 is 3.06 bits per heavy atom. The molecule has 0 fully saturated rings. The molecule has 0 aliphatic rings. The lowest BCUT2D eigenvalue weighted by atomic mass is 10.2. The van der Waals surface area contributed by atoms with Crippen molar-refractivity contribution in [1.82, 2.24) is 9.55 Å². The van der Waals surface area contributed by atoms with Crippen LogP contribution in [-0.2, 0) is 6.54 Å². The molecule has 4 nitrogen and oxygen atoms in total. The molecule has 0 radical (unpaired) electrons. The topological polar surface area (TPSA) is 58.7 Å². The highest BCUT2D eigenvalue weighted by atomic mass is 79.9. The zero-order chi connectivity index (χ0) is 12.3. The summed E-state index contributed by atoms with van der Waals surface area (Å²) in [5.74, 6) is 0. The van der Waals surface area contributed by atoms with Gasteiger partial charge in [0.05, 0.1) is 11.0 Å². The van der Waals surface area contributed by atoms with E-state index >= 15 is 0 Å². The van der Waals surface area contributed by atoms with E-state index in [9.17, 15) is 4.79 Å². The third kappa shape index (κ3) is 2.60. The Morgan fingerprint density at radius 1 is 1.47 bits per heavy atom. The normalized spacial score (nSPS) is 9.88.